The summed E-state index contributed by atoms with van der Waals surface area (Å²) in [5.41, 5.74) is 0. The molecule has 2 saturated heterocycles. The zero-order chi connectivity index (χ0) is 10.8. The quantitative estimate of drug-likeness (QED) is 0.288. The minimum absolute atomic E-state index is 0.612. The smallest absolute Gasteiger partial charge is 0.282 e. The summed E-state index contributed by atoms with van der Waals surface area (Å²) in [7, 11) is 0. The van der Waals surface area contributed by atoms with E-state index in [0.717, 1.165) is 6.92 Å². The highest BCUT2D eigenvalue weighted by molar-refractivity contribution is 5.16. The Hall–Kier alpha value is -0.280. The van der Waals surface area contributed by atoms with Gasteiger partial charge in [0.25, 0.3) is 11.6 Å². The van der Waals surface area contributed by atoms with Crippen LogP contribution in [0.2, 0.25) is 0 Å². The molecule has 0 aromatic rings. The highest BCUT2D eigenvalue weighted by Crippen LogP contribution is 2.57. The van der Waals surface area contributed by atoms with Gasteiger partial charge in [-0.15, -0.1) is 0 Å². The van der Waals surface area contributed by atoms with Crippen LogP contribution in [0.4, 0.5) is 0 Å². The summed E-state index contributed by atoms with van der Waals surface area (Å²) in [6.45, 7) is 0.457. The SMILES string of the molecule is C[C@]1(O)O[C@H](CO)[C@H](O)[C@]2(O)O[C@]12O. The number of fused-ring (bicyclic) bond motifs is 1. The van der Waals surface area contributed by atoms with Gasteiger partial charge in [0.15, 0.2) is 0 Å². The molecule has 2 rings (SSSR count). The van der Waals surface area contributed by atoms with Gasteiger partial charge >= 0.3 is 0 Å². The number of rotatable bonds is 1. The lowest BCUT2D eigenvalue weighted by Crippen LogP contribution is -2.63. The maximum Gasteiger partial charge on any atom is 0.282 e. The summed E-state index contributed by atoms with van der Waals surface area (Å²) in [5.74, 6) is -6.79. The van der Waals surface area contributed by atoms with Crippen LogP contribution < -0.4 is 0 Å². The van der Waals surface area contributed by atoms with Crippen LogP contribution in [0, 0.1) is 0 Å². The minimum atomic E-state index is -2.34. The van der Waals surface area contributed by atoms with E-state index >= 15 is 0 Å². The number of hydrogen-bond donors (Lipinski definition) is 5. The van der Waals surface area contributed by atoms with Gasteiger partial charge in [0.1, 0.15) is 12.2 Å². The van der Waals surface area contributed by atoms with Crippen molar-refractivity contribution in [2.45, 2.75) is 36.5 Å². The molecule has 0 radical (unpaired) electrons. The summed E-state index contributed by atoms with van der Waals surface area (Å²) >= 11 is 0. The Morgan fingerprint density at radius 3 is 2.36 bits per heavy atom. The van der Waals surface area contributed by atoms with Crippen molar-refractivity contribution < 1.29 is 35.0 Å². The molecule has 0 bridgehead atoms. The summed E-state index contributed by atoms with van der Waals surface area (Å²) < 4.78 is 9.27. The van der Waals surface area contributed by atoms with Gasteiger partial charge in [-0.05, 0) is 6.92 Å². The first-order valence-corrected chi connectivity index (χ1v) is 4.12. The van der Waals surface area contributed by atoms with Gasteiger partial charge in [0.05, 0.1) is 6.61 Å². The molecule has 2 aliphatic heterocycles. The first-order valence-electron chi connectivity index (χ1n) is 4.12. The van der Waals surface area contributed by atoms with Crippen LogP contribution in [0.5, 0.6) is 0 Å². The maximum atomic E-state index is 9.55. The van der Waals surface area contributed by atoms with Gasteiger partial charge in [0.2, 0.25) is 5.79 Å². The molecule has 0 unspecified atom stereocenters. The van der Waals surface area contributed by atoms with E-state index in [1.807, 2.05) is 0 Å². The maximum absolute atomic E-state index is 9.55. The lowest BCUT2D eigenvalue weighted by molar-refractivity contribution is -0.346. The van der Waals surface area contributed by atoms with Crippen molar-refractivity contribution in [3.63, 3.8) is 0 Å². The van der Waals surface area contributed by atoms with Gasteiger partial charge in [-0.3, -0.25) is 0 Å². The molecule has 0 amide bonds. The van der Waals surface area contributed by atoms with Gasteiger partial charge in [-0.25, -0.2) is 0 Å². The summed E-state index contributed by atoms with van der Waals surface area (Å²) in [6, 6.07) is 0. The molecule has 0 aliphatic carbocycles. The van der Waals surface area contributed by atoms with Crippen LogP contribution in [0.25, 0.3) is 0 Å². The molecule has 82 valence electrons. The van der Waals surface area contributed by atoms with Crippen LogP contribution in [0.15, 0.2) is 0 Å². The fourth-order valence-corrected chi connectivity index (χ4v) is 1.72. The first kappa shape index (κ1) is 10.2. The predicted octanol–water partition coefficient (Wildman–Crippen LogP) is -3.15. The van der Waals surface area contributed by atoms with E-state index in [2.05, 4.69) is 4.74 Å². The van der Waals surface area contributed by atoms with E-state index in [1.165, 1.54) is 0 Å². The molecule has 0 saturated carbocycles. The molecule has 14 heavy (non-hydrogen) atoms. The largest absolute Gasteiger partial charge is 0.394 e. The number of epoxide rings is 1. The molecule has 0 aromatic heterocycles. The van der Waals surface area contributed by atoms with Gasteiger partial charge in [-0.2, -0.15) is 0 Å². The van der Waals surface area contributed by atoms with E-state index in [-0.39, 0.29) is 0 Å². The summed E-state index contributed by atoms with van der Waals surface area (Å²) in [4.78, 5) is 0. The third kappa shape index (κ3) is 0.898. The lowest BCUT2D eigenvalue weighted by atomic mass is 9.94. The summed E-state index contributed by atoms with van der Waals surface area (Å²) in [5, 5.41) is 46.8. The monoisotopic (exact) mass is 208 g/mol. The number of aliphatic hydroxyl groups excluding tert-OH is 2. The normalized spacial score (nSPS) is 62.1. The van der Waals surface area contributed by atoms with Crippen molar-refractivity contribution in [1.82, 2.24) is 0 Å². The standard InChI is InChI=1S/C7H12O7/c1-5(10)7(12)6(11,14-7)4(9)3(2-8)13-5/h3-4,8-12H,2H2,1H3/t3-,4+,5+,6+,7-/m1/s1. The molecule has 2 heterocycles. The second-order valence-electron chi connectivity index (χ2n) is 3.71. The second kappa shape index (κ2) is 2.45. The molecule has 0 spiro atoms. The van der Waals surface area contributed by atoms with E-state index < -0.39 is 36.2 Å². The molecule has 0 aromatic carbocycles. The van der Waals surface area contributed by atoms with Crippen molar-refractivity contribution in [2.24, 2.45) is 0 Å². The number of hydrogen-bond acceptors (Lipinski definition) is 7. The lowest BCUT2D eigenvalue weighted by Gasteiger charge is -2.38. The highest BCUT2D eigenvalue weighted by atomic mass is 16.9. The van der Waals surface area contributed by atoms with Crippen LogP contribution in [0.3, 0.4) is 0 Å². The third-order valence-electron chi connectivity index (χ3n) is 2.69. The van der Waals surface area contributed by atoms with Crippen LogP contribution >= 0.6 is 0 Å². The predicted molar refractivity (Wildman–Crippen MR) is 39.6 cm³/mol. The number of ether oxygens (including phenoxy) is 2. The third-order valence-corrected chi connectivity index (χ3v) is 2.69. The van der Waals surface area contributed by atoms with Gasteiger partial charge in [0, 0.05) is 0 Å². The molecule has 5 atom stereocenters. The van der Waals surface area contributed by atoms with E-state index in [9.17, 15) is 20.4 Å². The van der Waals surface area contributed by atoms with Crippen molar-refractivity contribution in [2.75, 3.05) is 6.61 Å². The Morgan fingerprint density at radius 1 is 1.29 bits per heavy atom. The van der Waals surface area contributed by atoms with Crippen LogP contribution in [-0.4, -0.2) is 61.7 Å². The van der Waals surface area contributed by atoms with Crippen LogP contribution in [-0.2, 0) is 9.47 Å². The van der Waals surface area contributed by atoms with E-state index in [1.54, 1.807) is 0 Å². The second-order valence-corrected chi connectivity index (χ2v) is 3.71. The molecule has 7 heteroatoms. The zero-order valence-electron chi connectivity index (χ0n) is 7.41. The Morgan fingerprint density at radius 2 is 1.86 bits per heavy atom. The van der Waals surface area contributed by atoms with Crippen molar-refractivity contribution in [3.05, 3.63) is 0 Å². The van der Waals surface area contributed by atoms with Gasteiger partial charge < -0.3 is 35.0 Å². The Kier molecular flexibility index (Phi) is 1.79. The molecule has 5 N–H and O–H groups in total. The number of aliphatic hydroxyl groups is 5. The molecule has 2 fully saturated rings. The average Bonchev–Trinajstić information content (AvgIpc) is 2.67. The Labute approximate surface area is 79.1 Å². The zero-order valence-corrected chi connectivity index (χ0v) is 7.41. The van der Waals surface area contributed by atoms with Crippen molar-refractivity contribution in [1.29, 1.82) is 0 Å². The van der Waals surface area contributed by atoms with E-state index in [4.69, 9.17) is 9.84 Å². The fourth-order valence-electron chi connectivity index (χ4n) is 1.72. The van der Waals surface area contributed by atoms with Crippen molar-refractivity contribution >= 4 is 0 Å². The molecule has 7 nitrogen and oxygen atoms in total. The summed E-state index contributed by atoms with van der Waals surface area (Å²) in [6.07, 6.45) is -2.82. The average molecular weight is 208 g/mol. The molecular weight excluding hydrogens is 196 g/mol. The first-order chi connectivity index (χ1) is 6.28. The Bertz CT molecular complexity index is 267. The van der Waals surface area contributed by atoms with Crippen molar-refractivity contribution in [3.8, 4) is 0 Å². The highest BCUT2D eigenvalue weighted by Gasteiger charge is 2.86. The fraction of sp³-hybridized carbons (Fsp3) is 1.00. The minimum Gasteiger partial charge on any atom is -0.394 e. The Balaban J connectivity index is 2.32. The van der Waals surface area contributed by atoms with Crippen LogP contribution in [0.1, 0.15) is 6.92 Å². The topological polar surface area (TPSA) is 123 Å². The van der Waals surface area contributed by atoms with E-state index in [0.29, 0.717) is 0 Å². The molecule has 2 aliphatic rings. The van der Waals surface area contributed by atoms with Gasteiger partial charge in [-0.1, -0.05) is 0 Å². The molecular formula is C7H12O7.